The van der Waals surface area contributed by atoms with Crippen molar-refractivity contribution in [2.75, 3.05) is 6.54 Å². The Morgan fingerprint density at radius 2 is 1.94 bits per heavy atom. The third-order valence-corrected chi connectivity index (χ3v) is 6.13. The molecular weight excluding hydrogens is 428 g/mol. The van der Waals surface area contributed by atoms with E-state index < -0.39 is 35.8 Å². The molecule has 10 nitrogen and oxygen atoms in total. The molecular formula is C23H26N4O6. The molecule has 1 aromatic carbocycles. The number of ether oxygens (including phenoxy) is 1. The summed E-state index contributed by atoms with van der Waals surface area (Å²) in [5.74, 6) is -0.703. The maximum atomic E-state index is 12.9. The van der Waals surface area contributed by atoms with Gasteiger partial charge in [0.1, 0.15) is 30.2 Å². The molecule has 4 rings (SSSR count). The Labute approximate surface area is 190 Å². The molecule has 1 aliphatic carbocycles. The molecule has 2 aromatic rings. The molecule has 1 saturated heterocycles. The molecule has 1 saturated carbocycles. The van der Waals surface area contributed by atoms with E-state index in [1.165, 1.54) is 6.07 Å². The Morgan fingerprint density at radius 1 is 1.15 bits per heavy atom. The molecule has 1 aliphatic heterocycles. The van der Waals surface area contributed by atoms with Crippen LogP contribution in [0.2, 0.25) is 0 Å². The fourth-order valence-electron chi connectivity index (χ4n) is 4.26. The van der Waals surface area contributed by atoms with Gasteiger partial charge in [-0.1, -0.05) is 38.0 Å². The number of benzene rings is 1. The molecule has 1 aromatic heterocycles. The number of furan rings is 1. The number of nitrogens with one attached hydrogen (secondary N) is 3. The maximum Gasteiger partial charge on any atom is 0.325 e. The van der Waals surface area contributed by atoms with Crippen LogP contribution in [0.3, 0.4) is 0 Å². The van der Waals surface area contributed by atoms with Gasteiger partial charge >= 0.3 is 11.9 Å². The van der Waals surface area contributed by atoms with E-state index in [1.807, 2.05) is 25.1 Å². The van der Waals surface area contributed by atoms with Gasteiger partial charge < -0.3 is 14.5 Å². The molecule has 2 heterocycles. The molecule has 2 atom stereocenters. The average molecular weight is 454 g/mol. The zero-order valence-electron chi connectivity index (χ0n) is 18.3. The number of imide groups is 1. The molecule has 2 fully saturated rings. The number of urea groups is 1. The molecule has 33 heavy (non-hydrogen) atoms. The smallest absolute Gasteiger partial charge is 0.325 e. The predicted octanol–water partition coefficient (Wildman–Crippen LogP) is 2.12. The van der Waals surface area contributed by atoms with Crippen LogP contribution in [0.25, 0.3) is 0 Å². The summed E-state index contributed by atoms with van der Waals surface area (Å²) in [7, 11) is 0. The Morgan fingerprint density at radius 3 is 2.70 bits per heavy atom. The summed E-state index contributed by atoms with van der Waals surface area (Å²) in [5.41, 5.74) is 3.50. The van der Waals surface area contributed by atoms with Gasteiger partial charge in [0.25, 0.3) is 11.8 Å². The van der Waals surface area contributed by atoms with Crippen LogP contribution in [0.15, 0.2) is 46.9 Å². The second-order valence-electron chi connectivity index (χ2n) is 8.31. The highest BCUT2D eigenvalue weighted by Crippen LogP contribution is 2.38. The minimum Gasteiger partial charge on any atom is -0.486 e. The normalized spacial score (nSPS) is 22.2. The first-order valence-electron chi connectivity index (χ1n) is 10.9. The first-order chi connectivity index (χ1) is 15.9. The van der Waals surface area contributed by atoms with Gasteiger partial charge in [0, 0.05) is 0 Å². The number of carbonyl (C=O) groups is 4. The molecule has 1 spiro atoms. The van der Waals surface area contributed by atoms with E-state index in [4.69, 9.17) is 9.15 Å². The lowest BCUT2D eigenvalue weighted by Crippen LogP contribution is -2.54. The number of hydrogen-bond acceptors (Lipinski definition) is 6. The highest BCUT2D eigenvalue weighted by molar-refractivity contribution is 6.09. The number of hydrazine groups is 1. The standard InChI is InChI=1S/C23H26N4O6/c1-15-7-5-6-12-23(15)21(30)27(22(31)24-23)13-19(28)25-26-20(29)18-11-10-17(33-18)14-32-16-8-3-2-4-9-16/h2-4,8-11,15H,5-7,12-14H2,1H3,(H,24,31)(H,25,28)(H,26,29). The van der Waals surface area contributed by atoms with Crippen molar-refractivity contribution in [3.05, 3.63) is 54.0 Å². The average Bonchev–Trinajstić information content (AvgIpc) is 3.38. The molecule has 5 amide bonds. The van der Waals surface area contributed by atoms with Crippen molar-refractivity contribution < 1.29 is 28.3 Å². The highest BCUT2D eigenvalue weighted by Gasteiger charge is 2.55. The van der Waals surface area contributed by atoms with E-state index in [1.54, 1.807) is 18.2 Å². The van der Waals surface area contributed by atoms with Crippen molar-refractivity contribution in [2.45, 2.75) is 44.8 Å². The lowest BCUT2D eigenvalue weighted by atomic mass is 9.73. The number of carbonyl (C=O) groups excluding carboxylic acids is 4. The zero-order chi connectivity index (χ0) is 23.4. The molecule has 0 bridgehead atoms. The van der Waals surface area contributed by atoms with Crippen molar-refractivity contribution in [1.29, 1.82) is 0 Å². The second-order valence-corrected chi connectivity index (χ2v) is 8.31. The first-order valence-corrected chi connectivity index (χ1v) is 10.9. The topological polar surface area (TPSA) is 130 Å². The summed E-state index contributed by atoms with van der Waals surface area (Å²) in [4.78, 5) is 50.7. The monoisotopic (exact) mass is 454 g/mol. The van der Waals surface area contributed by atoms with Gasteiger partial charge in [-0.25, -0.2) is 4.79 Å². The van der Waals surface area contributed by atoms with Crippen LogP contribution in [0.4, 0.5) is 4.79 Å². The number of amides is 5. The van der Waals surface area contributed by atoms with Crippen LogP contribution < -0.4 is 20.9 Å². The Balaban J connectivity index is 1.27. The fraction of sp³-hybridized carbons (Fsp3) is 0.391. The predicted molar refractivity (Wildman–Crippen MR) is 116 cm³/mol. The molecule has 2 unspecified atom stereocenters. The van der Waals surface area contributed by atoms with E-state index >= 15 is 0 Å². The van der Waals surface area contributed by atoms with E-state index in [9.17, 15) is 19.2 Å². The highest BCUT2D eigenvalue weighted by atomic mass is 16.5. The molecule has 3 N–H and O–H groups in total. The summed E-state index contributed by atoms with van der Waals surface area (Å²) < 4.78 is 11.0. The van der Waals surface area contributed by atoms with Gasteiger partial charge in [-0.05, 0) is 43.0 Å². The minimum absolute atomic E-state index is 0.00511. The third-order valence-electron chi connectivity index (χ3n) is 6.13. The van der Waals surface area contributed by atoms with Gasteiger partial charge in [-0.3, -0.25) is 30.1 Å². The number of para-hydroxylation sites is 1. The summed E-state index contributed by atoms with van der Waals surface area (Å²) in [6.45, 7) is 1.58. The van der Waals surface area contributed by atoms with Crippen LogP contribution in [0, 0.1) is 5.92 Å². The Hall–Kier alpha value is -3.82. The van der Waals surface area contributed by atoms with E-state index in [0.29, 0.717) is 17.9 Å². The first kappa shape index (κ1) is 22.4. The van der Waals surface area contributed by atoms with Crippen LogP contribution >= 0.6 is 0 Å². The molecule has 2 aliphatic rings. The van der Waals surface area contributed by atoms with Crippen molar-refractivity contribution >= 4 is 23.8 Å². The maximum absolute atomic E-state index is 12.9. The number of nitrogens with zero attached hydrogens (tertiary/aromatic N) is 1. The molecule has 0 radical (unpaired) electrons. The Bertz CT molecular complexity index is 1050. The summed E-state index contributed by atoms with van der Waals surface area (Å²) >= 11 is 0. The fourth-order valence-corrected chi connectivity index (χ4v) is 4.26. The van der Waals surface area contributed by atoms with E-state index in [0.717, 1.165) is 24.2 Å². The Kier molecular flexibility index (Phi) is 6.34. The molecule has 174 valence electrons. The lowest BCUT2D eigenvalue weighted by Gasteiger charge is -2.36. The van der Waals surface area contributed by atoms with Crippen molar-refractivity contribution in [3.8, 4) is 5.75 Å². The van der Waals surface area contributed by atoms with Crippen LogP contribution in [0.5, 0.6) is 5.75 Å². The quantitative estimate of drug-likeness (QED) is 0.453. The van der Waals surface area contributed by atoms with Crippen LogP contribution in [-0.4, -0.2) is 40.7 Å². The van der Waals surface area contributed by atoms with Gasteiger partial charge in [-0.2, -0.15) is 0 Å². The van der Waals surface area contributed by atoms with Crippen LogP contribution in [-0.2, 0) is 16.2 Å². The van der Waals surface area contributed by atoms with Crippen molar-refractivity contribution in [2.24, 2.45) is 5.92 Å². The zero-order valence-corrected chi connectivity index (χ0v) is 18.3. The number of hydrogen-bond donors (Lipinski definition) is 3. The lowest BCUT2D eigenvalue weighted by molar-refractivity contribution is -0.137. The minimum atomic E-state index is -0.939. The number of rotatable bonds is 6. The van der Waals surface area contributed by atoms with E-state index in [2.05, 4.69) is 16.2 Å². The summed E-state index contributed by atoms with van der Waals surface area (Å²) in [5, 5.41) is 2.78. The van der Waals surface area contributed by atoms with Crippen molar-refractivity contribution in [3.63, 3.8) is 0 Å². The summed E-state index contributed by atoms with van der Waals surface area (Å²) in [6, 6.07) is 11.6. The third kappa shape index (κ3) is 4.69. The molecule has 10 heteroatoms. The van der Waals surface area contributed by atoms with Gasteiger partial charge in [-0.15, -0.1) is 0 Å². The second kappa shape index (κ2) is 9.35. The van der Waals surface area contributed by atoms with E-state index in [-0.39, 0.29) is 18.3 Å². The van der Waals surface area contributed by atoms with Crippen molar-refractivity contribution in [1.82, 2.24) is 21.1 Å². The van der Waals surface area contributed by atoms with Gasteiger partial charge in [0.2, 0.25) is 0 Å². The van der Waals surface area contributed by atoms with Gasteiger partial charge in [0.15, 0.2) is 5.76 Å². The van der Waals surface area contributed by atoms with Gasteiger partial charge in [0.05, 0.1) is 0 Å². The van der Waals surface area contributed by atoms with Crippen LogP contribution in [0.1, 0.15) is 48.9 Å². The summed E-state index contributed by atoms with van der Waals surface area (Å²) in [6.07, 6.45) is 3.24. The SMILES string of the molecule is CC1CCCCC12NC(=O)N(CC(=O)NNC(=O)c1ccc(COc3ccccc3)o1)C2=O. The largest absolute Gasteiger partial charge is 0.486 e.